The molecule has 0 aliphatic heterocycles. The van der Waals surface area contributed by atoms with Crippen molar-refractivity contribution in [1.82, 2.24) is 19.7 Å². The summed E-state index contributed by atoms with van der Waals surface area (Å²) in [6.45, 7) is 3.18. The van der Waals surface area contributed by atoms with Crippen LogP contribution in [-0.4, -0.2) is 58.2 Å². The number of rotatable bonds is 6. The summed E-state index contributed by atoms with van der Waals surface area (Å²) in [6.07, 6.45) is 0. The maximum Gasteiger partial charge on any atom is 0.359 e. The fourth-order valence-corrected chi connectivity index (χ4v) is 3.09. The molecule has 2 aromatic heterocycles. The van der Waals surface area contributed by atoms with Crippen LogP contribution in [-0.2, 0) is 9.53 Å². The molecule has 0 saturated heterocycles. The number of aryl methyl sites for hydroxylation is 2. The van der Waals surface area contributed by atoms with Crippen molar-refractivity contribution in [3.05, 3.63) is 70.1 Å². The van der Waals surface area contributed by atoms with Gasteiger partial charge in [0.1, 0.15) is 0 Å². The second-order valence-corrected chi connectivity index (χ2v) is 7.65. The van der Waals surface area contributed by atoms with E-state index >= 15 is 0 Å². The van der Waals surface area contributed by atoms with Crippen molar-refractivity contribution in [2.45, 2.75) is 13.8 Å². The van der Waals surface area contributed by atoms with Gasteiger partial charge in [-0.05, 0) is 56.3 Å². The third-order valence-corrected chi connectivity index (χ3v) is 4.71. The zero-order valence-corrected chi connectivity index (χ0v) is 18.8. The molecular formula is C22H22ClN5O4. The number of carbonyl (C=O) groups is 3. The molecule has 3 aromatic rings. The first-order valence-corrected chi connectivity index (χ1v) is 10.0. The van der Waals surface area contributed by atoms with Gasteiger partial charge in [-0.1, -0.05) is 11.6 Å². The first-order valence-electron chi connectivity index (χ1n) is 9.64. The van der Waals surface area contributed by atoms with Crippen LogP contribution in [0.1, 0.15) is 32.2 Å². The van der Waals surface area contributed by atoms with Gasteiger partial charge >= 0.3 is 5.97 Å². The Morgan fingerprint density at radius 3 is 2.38 bits per heavy atom. The molecule has 0 atom stereocenters. The Balaban J connectivity index is 1.63. The molecule has 0 aliphatic carbocycles. The van der Waals surface area contributed by atoms with E-state index in [9.17, 15) is 14.4 Å². The minimum Gasteiger partial charge on any atom is -0.451 e. The minimum atomic E-state index is -0.833. The molecular weight excluding hydrogens is 434 g/mol. The van der Waals surface area contributed by atoms with Crippen molar-refractivity contribution < 1.29 is 19.1 Å². The largest absolute Gasteiger partial charge is 0.451 e. The molecule has 3 rings (SSSR count). The van der Waals surface area contributed by atoms with Crippen molar-refractivity contribution >= 4 is 35.1 Å². The van der Waals surface area contributed by atoms with E-state index in [0.717, 1.165) is 11.4 Å². The number of hydrogen-bond donors (Lipinski definition) is 1. The molecule has 0 unspecified atom stereocenters. The molecule has 10 heteroatoms. The lowest BCUT2D eigenvalue weighted by Crippen LogP contribution is -2.22. The van der Waals surface area contributed by atoms with E-state index in [1.165, 1.54) is 11.0 Å². The second-order valence-electron chi connectivity index (χ2n) is 7.24. The Morgan fingerprint density at radius 1 is 1.09 bits per heavy atom. The summed E-state index contributed by atoms with van der Waals surface area (Å²) in [5.41, 5.74) is 2.48. The number of nitrogens with one attached hydrogen (secondary N) is 1. The second kappa shape index (κ2) is 9.61. The SMILES string of the molecule is Cc1cc(C)n(-c2ccc(Cl)c(C(=O)OCC(=O)Nc3ccc(C(=O)N(C)C)cc3)n2)n1. The predicted octanol–water partition coefficient (Wildman–Crippen LogP) is 3.03. The van der Waals surface area contributed by atoms with E-state index in [-0.39, 0.29) is 16.6 Å². The third kappa shape index (κ3) is 5.30. The van der Waals surface area contributed by atoms with E-state index in [2.05, 4.69) is 15.4 Å². The van der Waals surface area contributed by atoms with Crippen LogP contribution >= 0.6 is 11.6 Å². The standard InChI is InChI=1S/C22H22ClN5O4/c1-13-11-14(2)28(26-13)18-10-9-17(23)20(25-18)22(31)32-12-19(29)24-16-7-5-15(6-8-16)21(30)27(3)4/h5-11H,12H2,1-4H3,(H,24,29). The van der Waals surface area contributed by atoms with Crippen molar-refractivity contribution in [2.24, 2.45) is 0 Å². The molecule has 0 saturated carbocycles. The number of benzene rings is 1. The van der Waals surface area contributed by atoms with Crippen LogP contribution in [0.4, 0.5) is 5.69 Å². The highest BCUT2D eigenvalue weighted by atomic mass is 35.5. The molecule has 2 heterocycles. The number of halogens is 1. The Hall–Kier alpha value is -3.72. The highest BCUT2D eigenvalue weighted by Crippen LogP contribution is 2.19. The lowest BCUT2D eigenvalue weighted by molar-refractivity contribution is -0.119. The highest BCUT2D eigenvalue weighted by Gasteiger charge is 2.18. The average molecular weight is 456 g/mol. The van der Waals surface area contributed by atoms with Gasteiger partial charge in [0.15, 0.2) is 18.1 Å². The zero-order valence-electron chi connectivity index (χ0n) is 18.0. The summed E-state index contributed by atoms with van der Waals surface area (Å²) < 4.78 is 6.66. The van der Waals surface area contributed by atoms with E-state index in [0.29, 0.717) is 17.1 Å². The van der Waals surface area contributed by atoms with E-state index in [1.54, 1.807) is 49.1 Å². The molecule has 0 aliphatic rings. The minimum absolute atomic E-state index is 0.0989. The number of aromatic nitrogens is 3. The molecule has 166 valence electrons. The summed E-state index contributed by atoms with van der Waals surface area (Å²) >= 11 is 6.11. The normalized spacial score (nSPS) is 10.5. The highest BCUT2D eigenvalue weighted by molar-refractivity contribution is 6.33. The summed E-state index contributed by atoms with van der Waals surface area (Å²) in [4.78, 5) is 42.2. The Kier molecular flexibility index (Phi) is 6.89. The van der Waals surface area contributed by atoms with Crippen molar-refractivity contribution in [2.75, 3.05) is 26.0 Å². The fourth-order valence-electron chi connectivity index (χ4n) is 2.90. The fraction of sp³-hybridized carbons (Fsp3) is 0.227. The van der Waals surface area contributed by atoms with Crippen LogP contribution in [0, 0.1) is 13.8 Å². The van der Waals surface area contributed by atoms with Crippen molar-refractivity contribution in [3.63, 3.8) is 0 Å². The van der Waals surface area contributed by atoms with Gasteiger partial charge in [-0.15, -0.1) is 0 Å². The quantitative estimate of drug-likeness (QED) is 0.572. The van der Waals surface area contributed by atoms with Gasteiger partial charge in [-0.2, -0.15) is 5.10 Å². The number of carbonyl (C=O) groups excluding carboxylic acids is 3. The molecule has 0 bridgehead atoms. The smallest absolute Gasteiger partial charge is 0.359 e. The summed E-state index contributed by atoms with van der Waals surface area (Å²) in [5, 5.41) is 7.03. The number of hydrogen-bond acceptors (Lipinski definition) is 6. The number of anilines is 1. The molecule has 0 radical (unpaired) electrons. The molecule has 0 fully saturated rings. The van der Waals surface area contributed by atoms with Gasteiger partial charge in [0.05, 0.1) is 10.7 Å². The van der Waals surface area contributed by atoms with Crippen LogP contribution in [0.15, 0.2) is 42.5 Å². The van der Waals surface area contributed by atoms with Crippen molar-refractivity contribution in [3.8, 4) is 5.82 Å². The summed E-state index contributed by atoms with van der Waals surface area (Å²) in [7, 11) is 3.31. The van der Waals surface area contributed by atoms with Crippen LogP contribution in [0.5, 0.6) is 0 Å². The van der Waals surface area contributed by atoms with Crippen LogP contribution < -0.4 is 5.32 Å². The molecule has 2 amide bonds. The average Bonchev–Trinajstić information content (AvgIpc) is 3.10. The Labute approximate surface area is 190 Å². The van der Waals surface area contributed by atoms with Crippen LogP contribution in [0.25, 0.3) is 5.82 Å². The lowest BCUT2D eigenvalue weighted by atomic mass is 10.2. The van der Waals surface area contributed by atoms with Crippen LogP contribution in [0.3, 0.4) is 0 Å². The molecule has 0 spiro atoms. The zero-order chi connectivity index (χ0) is 23.4. The predicted molar refractivity (Wildman–Crippen MR) is 119 cm³/mol. The molecule has 9 nitrogen and oxygen atoms in total. The van der Waals surface area contributed by atoms with Gasteiger partial charge in [0, 0.05) is 31.0 Å². The number of pyridine rings is 1. The molecule has 32 heavy (non-hydrogen) atoms. The Bertz CT molecular complexity index is 1170. The maximum absolute atomic E-state index is 12.5. The van der Waals surface area contributed by atoms with Gasteiger partial charge in [-0.25, -0.2) is 14.5 Å². The van der Waals surface area contributed by atoms with Crippen molar-refractivity contribution in [1.29, 1.82) is 0 Å². The molecule has 1 N–H and O–H groups in total. The number of ether oxygens (including phenoxy) is 1. The van der Waals surface area contributed by atoms with Crippen LogP contribution in [0.2, 0.25) is 5.02 Å². The van der Waals surface area contributed by atoms with Gasteiger partial charge in [0.25, 0.3) is 11.8 Å². The number of nitrogens with zero attached hydrogens (tertiary/aromatic N) is 4. The van der Waals surface area contributed by atoms with E-state index < -0.39 is 18.5 Å². The summed E-state index contributed by atoms with van der Waals surface area (Å²) in [6, 6.07) is 11.4. The first-order chi connectivity index (χ1) is 15.2. The monoisotopic (exact) mass is 455 g/mol. The third-order valence-electron chi connectivity index (χ3n) is 4.41. The first kappa shape index (κ1) is 23.0. The van der Waals surface area contributed by atoms with Gasteiger partial charge < -0.3 is 15.0 Å². The van der Waals surface area contributed by atoms with Gasteiger partial charge in [-0.3, -0.25) is 9.59 Å². The van der Waals surface area contributed by atoms with E-state index in [4.69, 9.17) is 16.3 Å². The Morgan fingerprint density at radius 2 is 1.78 bits per heavy atom. The maximum atomic E-state index is 12.5. The van der Waals surface area contributed by atoms with E-state index in [1.807, 2.05) is 19.9 Å². The molecule has 1 aromatic carbocycles. The topological polar surface area (TPSA) is 106 Å². The van der Waals surface area contributed by atoms with Gasteiger partial charge in [0.2, 0.25) is 0 Å². The lowest BCUT2D eigenvalue weighted by Gasteiger charge is -2.11. The number of esters is 1. The summed E-state index contributed by atoms with van der Waals surface area (Å²) in [5.74, 6) is -1.12. The number of amides is 2.